The van der Waals surface area contributed by atoms with Crippen molar-refractivity contribution in [2.75, 3.05) is 25.9 Å². The number of hydrogen-bond donors (Lipinski definition) is 1. The predicted octanol–water partition coefficient (Wildman–Crippen LogP) is 3.60. The van der Waals surface area contributed by atoms with E-state index in [-0.39, 0.29) is 0 Å². The van der Waals surface area contributed by atoms with Crippen molar-refractivity contribution < 1.29 is 4.74 Å². The number of hydrogen-bond acceptors (Lipinski definition) is 4. The van der Waals surface area contributed by atoms with E-state index in [4.69, 9.17) is 10.5 Å². The zero-order valence-corrected chi connectivity index (χ0v) is 13.2. The van der Waals surface area contributed by atoms with Crippen molar-refractivity contribution in [3.63, 3.8) is 0 Å². The van der Waals surface area contributed by atoms with Crippen LogP contribution in [0.2, 0.25) is 0 Å². The number of nitrogens with zero attached hydrogens (tertiary/aromatic N) is 1. The molecule has 102 valence electrons. The van der Waals surface area contributed by atoms with Crippen LogP contribution in [-0.4, -0.2) is 25.1 Å². The van der Waals surface area contributed by atoms with Crippen molar-refractivity contribution >= 4 is 33.0 Å². The number of rotatable bonds is 6. The number of nitrogens with two attached hydrogens (primary N) is 1. The summed E-state index contributed by atoms with van der Waals surface area (Å²) < 4.78 is 6.85. The molecule has 3 nitrogen and oxygen atoms in total. The van der Waals surface area contributed by atoms with Gasteiger partial charge in [0.1, 0.15) is 12.4 Å². The largest absolute Gasteiger partial charge is 0.490 e. The van der Waals surface area contributed by atoms with Gasteiger partial charge in [0.15, 0.2) is 0 Å². The first kappa shape index (κ1) is 14.4. The van der Waals surface area contributed by atoms with Gasteiger partial charge < -0.3 is 10.5 Å². The molecule has 0 fully saturated rings. The van der Waals surface area contributed by atoms with Gasteiger partial charge in [0.05, 0.1) is 9.47 Å². The Bertz CT molecular complexity index is 530. The molecule has 0 bridgehead atoms. The van der Waals surface area contributed by atoms with Crippen LogP contribution in [0.5, 0.6) is 5.75 Å². The molecular weight excluding hydrogens is 324 g/mol. The Kier molecular flexibility index (Phi) is 5.24. The minimum Gasteiger partial charge on any atom is -0.490 e. The molecule has 0 spiro atoms. The fourth-order valence-electron chi connectivity index (χ4n) is 1.74. The van der Waals surface area contributed by atoms with E-state index in [2.05, 4.69) is 39.3 Å². The number of halogens is 1. The van der Waals surface area contributed by atoms with Crippen LogP contribution >= 0.6 is 27.3 Å². The first-order chi connectivity index (χ1) is 9.15. The van der Waals surface area contributed by atoms with Crippen LogP contribution in [0.3, 0.4) is 0 Å². The highest BCUT2D eigenvalue weighted by atomic mass is 79.9. The first-order valence-corrected chi connectivity index (χ1v) is 7.71. The third kappa shape index (κ3) is 4.53. The number of para-hydroxylation sites is 2. The lowest BCUT2D eigenvalue weighted by Crippen LogP contribution is -2.23. The molecule has 0 aliphatic heterocycles. The summed E-state index contributed by atoms with van der Waals surface area (Å²) in [6.07, 6.45) is 0. The second kappa shape index (κ2) is 6.93. The second-order valence-electron chi connectivity index (χ2n) is 4.38. The number of thiophene rings is 1. The van der Waals surface area contributed by atoms with Crippen molar-refractivity contribution in [3.8, 4) is 5.75 Å². The van der Waals surface area contributed by atoms with E-state index in [0.717, 1.165) is 18.8 Å². The van der Waals surface area contributed by atoms with Gasteiger partial charge in [-0.05, 0) is 52.1 Å². The fraction of sp³-hybridized carbons (Fsp3) is 0.286. The quantitative estimate of drug-likeness (QED) is 0.816. The average molecular weight is 341 g/mol. The molecule has 1 aromatic heterocycles. The predicted molar refractivity (Wildman–Crippen MR) is 84.7 cm³/mol. The maximum atomic E-state index is 5.82. The van der Waals surface area contributed by atoms with E-state index >= 15 is 0 Å². The van der Waals surface area contributed by atoms with Crippen molar-refractivity contribution in [2.45, 2.75) is 6.54 Å². The van der Waals surface area contributed by atoms with Gasteiger partial charge in [0.2, 0.25) is 0 Å². The zero-order chi connectivity index (χ0) is 13.7. The topological polar surface area (TPSA) is 38.5 Å². The maximum absolute atomic E-state index is 5.82. The van der Waals surface area contributed by atoms with Gasteiger partial charge in [-0.1, -0.05) is 12.1 Å². The summed E-state index contributed by atoms with van der Waals surface area (Å²) in [6, 6.07) is 9.73. The Balaban J connectivity index is 1.75. The lowest BCUT2D eigenvalue weighted by atomic mass is 10.3. The summed E-state index contributed by atoms with van der Waals surface area (Å²) >= 11 is 5.19. The summed E-state index contributed by atoms with van der Waals surface area (Å²) in [5, 5.41) is 2.16. The van der Waals surface area contributed by atoms with Crippen LogP contribution in [-0.2, 0) is 6.54 Å². The molecule has 0 saturated carbocycles. The molecule has 0 amide bonds. The molecule has 0 radical (unpaired) electrons. The van der Waals surface area contributed by atoms with E-state index in [1.165, 1.54) is 9.35 Å². The Morgan fingerprint density at radius 2 is 2.16 bits per heavy atom. The van der Waals surface area contributed by atoms with Crippen molar-refractivity contribution in [1.29, 1.82) is 0 Å². The Hall–Kier alpha value is -1.04. The second-order valence-corrected chi connectivity index (χ2v) is 6.67. The minimum atomic E-state index is 0.635. The molecule has 2 aromatic rings. The van der Waals surface area contributed by atoms with Crippen molar-refractivity contribution in [2.24, 2.45) is 0 Å². The normalized spacial score (nSPS) is 10.9. The van der Waals surface area contributed by atoms with Crippen LogP contribution in [0.1, 0.15) is 5.56 Å². The monoisotopic (exact) mass is 340 g/mol. The Morgan fingerprint density at radius 1 is 1.37 bits per heavy atom. The molecule has 0 aliphatic carbocycles. The van der Waals surface area contributed by atoms with Crippen LogP contribution in [0.25, 0.3) is 0 Å². The summed E-state index contributed by atoms with van der Waals surface area (Å²) in [7, 11) is 2.09. The number of benzene rings is 1. The van der Waals surface area contributed by atoms with Crippen LogP contribution in [0.15, 0.2) is 39.5 Å². The van der Waals surface area contributed by atoms with Crippen LogP contribution in [0.4, 0.5) is 5.69 Å². The van der Waals surface area contributed by atoms with Gasteiger partial charge in [-0.15, -0.1) is 11.3 Å². The molecular formula is C14H17BrN2OS. The lowest BCUT2D eigenvalue weighted by Gasteiger charge is -2.16. The van der Waals surface area contributed by atoms with E-state index in [1.54, 1.807) is 11.3 Å². The smallest absolute Gasteiger partial charge is 0.142 e. The first-order valence-electron chi connectivity index (χ1n) is 6.04. The SMILES string of the molecule is CN(CCOc1ccccc1N)Cc1csc(Br)c1. The minimum absolute atomic E-state index is 0.635. The van der Waals surface area contributed by atoms with Crippen molar-refractivity contribution in [3.05, 3.63) is 45.1 Å². The molecule has 0 unspecified atom stereocenters. The number of ether oxygens (including phenoxy) is 1. The van der Waals surface area contributed by atoms with Gasteiger partial charge in [-0.25, -0.2) is 0 Å². The highest BCUT2D eigenvalue weighted by Crippen LogP contribution is 2.22. The zero-order valence-electron chi connectivity index (χ0n) is 10.8. The molecule has 0 saturated heterocycles. The number of nitrogen functional groups attached to an aromatic ring is 1. The van der Waals surface area contributed by atoms with Crippen molar-refractivity contribution in [1.82, 2.24) is 4.90 Å². The number of likely N-dealkylation sites (N-methyl/N-ethyl adjacent to an activating group) is 1. The van der Waals surface area contributed by atoms with E-state index in [0.29, 0.717) is 12.3 Å². The van der Waals surface area contributed by atoms with Gasteiger partial charge in [0.25, 0.3) is 0 Å². The molecule has 5 heteroatoms. The maximum Gasteiger partial charge on any atom is 0.142 e. The van der Waals surface area contributed by atoms with Crippen LogP contribution in [0, 0.1) is 0 Å². The summed E-state index contributed by atoms with van der Waals surface area (Å²) in [5.41, 5.74) is 7.83. The molecule has 2 rings (SSSR count). The summed E-state index contributed by atoms with van der Waals surface area (Å²) in [5.74, 6) is 0.758. The molecule has 1 heterocycles. The van der Waals surface area contributed by atoms with Crippen LogP contribution < -0.4 is 10.5 Å². The summed E-state index contributed by atoms with van der Waals surface area (Å²) in [4.78, 5) is 2.23. The average Bonchev–Trinajstić information content (AvgIpc) is 2.77. The van der Waals surface area contributed by atoms with E-state index in [1.807, 2.05) is 24.3 Å². The fourth-order valence-corrected chi connectivity index (χ4v) is 2.94. The Labute approximate surface area is 126 Å². The molecule has 0 aliphatic rings. The standard InChI is InChI=1S/C14H17BrN2OS/c1-17(9-11-8-14(15)19-10-11)6-7-18-13-5-3-2-4-12(13)16/h2-5,8,10H,6-7,9,16H2,1H3. The third-order valence-corrected chi connectivity index (χ3v) is 4.28. The lowest BCUT2D eigenvalue weighted by molar-refractivity contribution is 0.234. The molecule has 19 heavy (non-hydrogen) atoms. The van der Waals surface area contributed by atoms with Gasteiger partial charge in [-0.2, -0.15) is 0 Å². The van der Waals surface area contributed by atoms with Gasteiger partial charge in [0, 0.05) is 13.1 Å². The van der Waals surface area contributed by atoms with E-state index in [9.17, 15) is 0 Å². The molecule has 0 atom stereocenters. The van der Waals surface area contributed by atoms with E-state index < -0.39 is 0 Å². The molecule has 1 aromatic carbocycles. The summed E-state index contributed by atoms with van der Waals surface area (Å²) in [6.45, 7) is 2.42. The van der Waals surface area contributed by atoms with Gasteiger partial charge in [-0.3, -0.25) is 4.90 Å². The Morgan fingerprint density at radius 3 is 2.84 bits per heavy atom. The van der Waals surface area contributed by atoms with Gasteiger partial charge >= 0.3 is 0 Å². The number of anilines is 1. The third-order valence-electron chi connectivity index (χ3n) is 2.72. The highest BCUT2D eigenvalue weighted by molar-refractivity contribution is 9.11. The highest BCUT2D eigenvalue weighted by Gasteiger charge is 2.04. The molecule has 2 N–H and O–H groups in total.